The van der Waals surface area contributed by atoms with Gasteiger partial charge in [-0.05, 0) is 52.9 Å². The second-order valence-corrected chi connectivity index (χ2v) is 5.44. The van der Waals surface area contributed by atoms with Gasteiger partial charge in [0.1, 0.15) is 5.82 Å². The number of fused-ring (bicyclic) bond motifs is 1. The van der Waals surface area contributed by atoms with Crippen molar-refractivity contribution in [2.45, 2.75) is 0 Å². The van der Waals surface area contributed by atoms with Crippen LogP contribution in [0.25, 0.3) is 22.2 Å². The third-order valence-corrected chi connectivity index (χ3v) is 3.55. The Bertz CT molecular complexity index is 867. The van der Waals surface area contributed by atoms with E-state index in [1.807, 2.05) is 12.1 Å². The predicted molar refractivity (Wildman–Crippen MR) is 83.9 cm³/mol. The molecular weight excluding hydrogens is 370 g/mol. The Labute approximate surface area is 127 Å². The minimum absolute atomic E-state index is 0.358. The quantitative estimate of drug-likeness (QED) is 0.610. The van der Waals surface area contributed by atoms with Crippen LogP contribution in [-0.2, 0) is 0 Å². The summed E-state index contributed by atoms with van der Waals surface area (Å²) in [6, 6.07) is 11.8. The summed E-state index contributed by atoms with van der Waals surface area (Å²) in [4.78, 5) is 19.6. The van der Waals surface area contributed by atoms with Gasteiger partial charge in [-0.1, -0.05) is 12.1 Å². The van der Waals surface area contributed by atoms with Crippen LogP contribution >= 0.6 is 22.6 Å². The van der Waals surface area contributed by atoms with Crippen LogP contribution in [-0.4, -0.2) is 9.97 Å². The third-order valence-electron chi connectivity index (χ3n) is 2.88. The van der Waals surface area contributed by atoms with Crippen LogP contribution in [0.3, 0.4) is 0 Å². The molecule has 0 saturated carbocycles. The molecule has 0 aliphatic rings. The molecule has 0 amide bonds. The van der Waals surface area contributed by atoms with E-state index >= 15 is 0 Å². The summed E-state index contributed by atoms with van der Waals surface area (Å²) in [5.74, 6) is -0.376. The zero-order chi connectivity index (χ0) is 14.1. The third kappa shape index (κ3) is 2.40. The second kappa shape index (κ2) is 5.24. The molecule has 0 aliphatic heterocycles. The Kier molecular flexibility index (Phi) is 3.43. The number of rotatable bonds is 1. The molecule has 3 nitrogen and oxygen atoms in total. The predicted octanol–water partition coefficient (Wildman–Crippen LogP) is 3.40. The van der Waals surface area contributed by atoms with Gasteiger partial charge in [-0.2, -0.15) is 0 Å². The van der Waals surface area contributed by atoms with Crippen molar-refractivity contribution in [2.24, 2.45) is 0 Å². The number of halogens is 2. The maximum absolute atomic E-state index is 14.0. The first kappa shape index (κ1) is 13.1. The Balaban J connectivity index is 2.47. The fraction of sp³-hybridized carbons (Fsp3) is 0. The Morgan fingerprint density at radius 1 is 1.10 bits per heavy atom. The molecule has 20 heavy (non-hydrogen) atoms. The fourth-order valence-corrected chi connectivity index (χ4v) is 2.49. The van der Waals surface area contributed by atoms with Crippen molar-refractivity contribution in [3.8, 4) is 11.3 Å². The van der Waals surface area contributed by atoms with Gasteiger partial charge in [-0.15, -0.1) is 0 Å². The largest absolute Gasteiger partial charge is 0.288 e. The molecule has 0 saturated heterocycles. The summed E-state index contributed by atoms with van der Waals surface area (Å²) in [5, 5.41) is 0.657. The lowest BCUT2D eigenvalue weighted by Gasteiger charge is -2.03. The van der Waals surface area contributed by atoms with Crippen molar-refractivity contribution in [3.63, 3.8) is 0 Å². The van der Waals surface area contributed by atoms with Crippen LogP contribution in [0, 0.1) is 9.39 Å². The zero-order valence-electron chi connectivity index (χ0n) is 10.2. The van der Waals surface area contributed by atoms with Gasteiger partial charge in [0.2, 0.25) is 0 Å². The maximum atomic E-state index is 14.0. The smallest absolute Gasteiger partial charge is 0.266 e. The van der Waals surface area contributed by atoms with E-state index in [-0.39, 0.29) is 5.82 Å². The maximum Gasteiger partial charge on any atom is 0.288 e. The standard InChI is InChI=1S/C15H8FIN2O/c16-12-4-2-1-3-10(12)15-11-7-9(17)5-6-13(11)19-14(20)8-18-15/h1-8H. The molecule has 0 unspecified atom stereocenters. The minimum Gasteiger partial charge on any atom is -0.266 e. The van der Waals surface area contributed by atoms with E-state index in [2.05, 4.69) is 32.6 Å². The molecule has 0 N–H and O–H groups in total. The Hall–Kier alpha value is -1.89. The van der Waals surface area contributed by atoms with E-state index in [1.54, 1.807) is 24.3 Å². The highest BCUT2D eigenvalue weighted by Gasteiger charge is 2.10. The van der Waals surface area contributed by atoms with Gasteiger partial charge in [-0.3, -0.25) is 4.79 Å². The lowest BCUT2D eigenvalue weighted by atomic mass is 10.1. The molecule has 0 spiro atoms. The average Bonchev–Trinajstić information content (AvgIpc) is 2.58. The first-order valence-electron chi connectivity index (χ1n) is 5.87. The number of nitrogens with zero attached hydrogens (tertiary/aromatic N) is 2. The normalized spacial score (nSPS) is 10.7. The van der Waals surface area contributed by atoms with E-state index in [4.69, 9.17) is 0 Å². The average molecular weight is 378 g/mol. The minimum atomic E-state index is -0.446. The Morgan fingerprint density at radius 3 is 2.70 bits per heavy atom. The number of benzene rings is 2. The number of hydrogen-bond acceptors (Lipinski definition) is 3. The summed E-state index contributed by atoms with van der Waals surface area (Å²) in [7, 11) is 0. The molecule has 0 bridgehead atoms. The lowest BCUT2D eigenvalue weighted by molar-refractivity contribution is 0.631. The molecule has 1 aromatic heterocycles. The van der Waals surface area contributed by atoms with Crippen LogP contribution in [0.5, 0.6) is 0 Å². The van der Waals surface area contributed by atoms with Crippen molar-refractivity contribution in [3.05, 3.63) is 68.4 Å². The van der Waals surface area contributed by atoms with Gasteiger partial charge in [-0.25, -0.2) is 14.4 Å². The fourth-order valence-electron chi connectivity index (χ4n) is 2.00. The van der Waals surface area contributed by atoms with Gasteiger partial charge in [0.15, 0.2) is 0 Å². The molecule has 0 radical (unpaired) electrons. The van der Waals surface area contributed by atoms with Crippen molar-refractivity contribution in [2.75, 3.05) is 0 Å². The first-order chi connectivity index (χ1) is 9.65. The van der Waals surface area contributed by atoms with Crippen LogP contribution in [0.1, 0.15) is 0 Å². The van der Waals surface area contributed by atoms with Gasteiger partial charge < -0.3 is 0 Å². The van der Waals surface area contributed by atoms with Crippen molar-refractivity contribution in [1.82, 2.24) is 9.97 Å². The molecule has 0 aliphatic carbocycles. The molecule has 0 fully saturated rings. The number of aromatic nitrogens is 2. The Morgan fingerprint density at radius 2 is 1.90 bits per heavy atom. The van der Waals surface area contributed by atoms with E-state index < -0.39 is 5.56 Å². The monoisotopic (exact) mass is 378 g/mol. The van der Waals surface area contributed by atoms with Gasteiger partial charge in [0.05, 0.1) is 17.4 Å². The molecule has 3 rings (SSSR count). The summed E-state index contributed by atoms with van der Waals surface area (Å²) in [6.45, 7) is 0. The molecular formula is C15H8FIN2O. The molecule has 1 heterocycles. The summed E-state index contributed by atoms with van der Waals surface area (Å²) in [6.07, 6.45) is 1.12. The van der Waals surface area contributed by atoms with Crippen LogP contribution in [0.4, 0.5) is 4.39 Å². The van der Waals surface area contributed by atoms with Crippen molar-refractivity contribution in [1.29, 1.82) is 0 Å². The highest BCUT2D eigenvalue weighted by Crippen LogP contribution is 2.27. The molecule has 98 valence electrons. The second-order valence-electron chi connectivity index (χ2n) is 4.20. The topological polar surface area (TPSA) is 42.9 Å². The van der Waals surface area contributed by atoms with E-state index in [0.29, 0.717) is 22.2 Å². The van der Waals surface area contributed by atoms with Crippen molar-refractivity contribution < 1.29 is 4.39 Å². The van der Waals surface area contributed by atoms with Crippen LogP contribution in [0.15, 0.2) is 53.5 Å². The van der Waals surface area contributed by atoms with Gasteiger partial charge in [0, 0.05) is 14.5 Å². The van der Waals surface area contributed by atoms with E-state index in [9.17, 15) is 9.18 Å². The van der Waals surface area contributed by atoms with E-state index in [1.165, 1.54) is 6.07 Å². The first-order valence-corrected chi connectivity index (χ1v) is 6.94. The SMILES string of the molecule is O=c1cnc(-c2ccccc2F)c2cc(I)ccc2n1. The van der Waals surface area contributed by atoms with Gasteiger partial charge >= 0.3 is 0 Å². The summed E-state index contributed by atoms with van der Waals surface area (Å²) in [5.41, 5.74) is 0.841. The highest BCUT2D eigenvalue weighted by molar-refractivity contribution is 14.1. The van der Waals surface area contributed by atoms with Crippen LogP contribution < -0.4 is 5.56 Å². The van der Waals surface area contributed by atoms with Crippen molar-refractivity contribution >= 4 is 33.5 Å². The molecule has 0 atom stereocenters. The molecule has 3 aromatic rings. The van der Waals surface area contributed by atoms with E-state index in [0.717, 1.165) is 9.77 Å². The summed E-state index contributed by atoms with van der Waals surface area (Å²) >= 11 is 2.16. The number of hydrogen-bond donors (Lipinski definition) is 0. The highest BCUT2D eigenvalue weighted by atomic mass is 127. The van der Waals surface area contributed by atoms with Gasteiger partial charge in [0.25, 0.3) is 5.56 Å². The zero-order valence-corrected chi connectivity index (χ0v) is 12.3. The molecule has 5 heteroatoms. The summed E-state index contributed by atoms with van der Waals surface area (Å²) < 4.78 is 15.0. The molecule has 2 aromatic carbocycles. The lowest BCUT2D eigenvalue weighted by Crippen LogP contribution is -1.98. The van der Waals surface area contributed by atoms with Crippen LogP contribution in [0.2, 0.25) is 0 Å².